The van der Waals surface area contributed by atoms with Crippen LogP contribution in [0.1, 0.15) is 12.6 Å². The van der Waals surface area contributed by atoms with E-state index in [0.717, 1.165) is 29.8 Å². The van der Waals surface area contributed by atoms with Crippen molar-refractivity contribution in [2.24, 2.45) is 5.73 Å². The molecular weight excluding hydrogens is 242 g/mol. The molecule has 0 aliphatic carbocycles. The molecule has 0 unspecified atom stereocenters. The minimum Gasteiger partial charge on any atom is -0.329 e. The summed E-state index contributed by atoms with van der Waals surface area (Å²) in [6, 6.07) is 4.04. The zero-order valence-electron chi connectivity index (χ0n) is 8.41. The number of hydrogen-bond acceptors (Lipinski definition) is 3. The smallest absolute Gasteiger partial charge is 0.0544 e. The highest BCUT2D eigenvalue weighted by atomic mass is 79.9. The fourth-order valence-corrected chi connectivity index (χ4v) is 1.50. The van der Waals surface area contributed by atoms with E-state index in [-0.39, 0.29) is 0 Å². The van der Waals surface area contributed by atoms with E-state index in [4.69, 9.17) is 5.73 Å². The second kappa shape index (κ2) is 6.11. The summed E-state index contributed by atoms with van der Waals surface area (Å²) in [5, 5.41) is 0. The van der Waals surface area contributed by atoms with E-state index in [1.165, 1.54) is 0 Å². The van der Waals surface area contributed by atoms with Crippen molar-refractivity contribution in [1.29, 1.82) is 0 Å². The molecule has 2 N–H and O–H groups in total. The zero-order valence-corrected chi connectivity index (χ0v) is 10.00. The van der Waals surface area contributed by atoms with Gasteiger partial charge in [-0.2, -0.15) is 0 Å². The summed E-state index contributed by atoms with van der Waals surface area (Å²) in [6.07, 6.45) is 1.83. The Bertz CT molecular complexity index is 261. The van der Waals surface area contributed by atoms with Crippen molar-refractivity contribution in [3.05, 3.63) is 28.5 Å². The van der Waals surface area contributed by atoms with Crippen LogP contribution in [0.3, 0.4) is 0 Å². The topological polar surface area (TPSA) is 42.1 Å². The van der Waals surface area contributed by atoms with Crippen LogP contribution in [-0.4, -0.2) is 29.5 Å². The largest absolute Gasteiger partial charge is 0.329 e. The molecule has 0 fully saturated rings. The number of pyridine rings is 1. The molecule has 0 aliphatic rings. The zero-order chi connectivity index (χ0) is 10.4. The third kappa shape index (κ3) is 3.74. The molecule has 0 amide bonds. The van der Waals surface area contributed by atoms with Crippen molar-refractivity contribution in [2.75, 3.05) is 19.6 Å². The summed E-state index contributed by atoms with van der Waals surface area (Å²) in [7, 11) is 0. The SMILES string of the molecule is CCN(CCN)Cc1ccc(Br)cn1. The molecule has 78 valence electrons. The molecule has 3 nitrogen and oxygen atoms in total. The molecule has 0 spiro atoms. The highest BCUT2D eigenvalue weighted by Crippen LogP contribution is 2.08. The van der Waals surface area contributed by atoms with Crippen molar-refractivity contribution < 1.29 is 0 Å². The molecule has 4 heteroatoms. The Hall–Kier alpha value is -0.450. The van der Waals surface area contributed by atoms with Crippen LogP contribution in [0.2, 0.25) is 0 Å². The lowest BCUT2D eigenvalue weighted by molar-refractivity contribution is 0.285. The predicted molar refractivity (Wildman–Crippen MR) is 61.9 cm³/mol. The standard InChI is InChI=1S/C10H16BrN3/c1-2-14(6-5-12)8-10-4-3-9(11)7-13-10/h3-4,7H,2,5-6,8,12H2,1H3. The molecular formula is C10H16BrN3. The molecule has 14 heavy (non-hydrogen) atoms. The number of nitrogens with two attached hydrogens (primary N) is 1. The number of aromatic nitrogens is 1. The molecule has 0 saturated heterocycles. The van der Waals surface area contributed by atoms with Crippen molar-refractivity contribution >= 4 is 15.9 Å². The van der Waals surface area contributed by atoms with Crippen LogP contribution in [-0.2, 0) is 6.54 Å². The van der Waals surface area contributed by atoms with Crippen LogP contribution in [0.5, 0.6) is 0 Å². The van der Waals surface area contributed by atoms with Gasteiger partial charge in [-0.25, -0.2) is 0 Å². The van der Waals surface area contributed by atoms with E-state index in [1.54, 1.807) is 0 Å². The highest BCUT2D eigenvalue weighted by molar-refractivity contribution is 9.10. The third-order valence-corrected chi connectivity index (χ3v) is 2.54. The number of hydrogen-bond donors (Lipinski definition) is 1. The number of likely N-dealkylation sites (N-methyl/N-ethyl adjacent to an activating group) is 1. The monoisotopic (exact) mass is 257 g/mol. The summed E-state index contributed by atoms with van der Waals surface area (Å²) in [6.45, 7) is 5.64. The minimum absolute atomic E-state index is 0.699. The third-order valence-electron chi connectivity index (χ3n) is 2.07. The highest BCUT2D eigenvalue weighted by Gasteiger charge is 2.02. The average molecular weight is 258 g/mol. The van der Waals surface area contributed by atoms with Crippen LogP contribution in [0.25, 0.3) is 0 Å². The summed E-state index contributed by atoms with van der Waals surface area (Å²) in [4.78, 5) is 6.59. The summed E-state index contributed by atoms with van der Waals surface area (Å²) in [5.41, 5.74) is 6.60. The van der Waals surface area contributed by atoms with Gasteiger partial charge in [0.2, 0.25) is 0 Å². The molecule has 1 heterocycles. The Kier molecular flexibility index (Phi) is 5.07. The fourth-order valence-electron chi connectivity index (χ4n) is 1.26. The van der Waals surface area contributed by atoms with Crippen LogP contribution < -0.4 is 5.73 Å². The van der Waals surface area contributed by atoms with Crippen LogP contribution >= 0.6 is 15.9 Å². The summed E-state index contributed by atoms with van der Waals surface area (Å²) < 4.78 is 1.02. The Morgan fingerprint density at radius 2 is 2.29 bits per heavy atom. The number of halogens is 1. The van der Waals surface area contributed by atoms with Gasteiger partial charge in [-0.3, -0.25) is 9.88 Å². The second-order valence-electron chi connectivity index (χ2n) is 3.13. The van der Waals surface area contributed by atoms with E-state index < -0.39 is 0 Å². The quantitative estimate of drug-likeness (QED) is 0.872. The second-order valence-corrected chi connectivity index (χ2v) is 4.04. The maximum Gasteiger partial charge on any atom is 0.0544 e. The molecule has 1 aromatic heterocycles. The van der Waals surface area contributed by atoms with Crippen molar-refractivity contribution in [3.63, 3.8) is 0 Å². The van der Waals surface area contributed by atoms with E-state index >= 15 is 0 Å². The summed E-state index contributed by atoms with van der Waals surface area (Å²) in [5.74, 6) is 0. The minimum atomic E-state index is 0.699. The van der Waals surface area contributed by atoms with Gasteiger partial charge < -0.3 is 5.73 Å². The molecule has 0 saturated carbocycles. The van der Waals surface area contributed by atoms with Gasteiger partial charge in [0.05, 0.1) is 5.69 Å². The maximum atomic E-state index is 5.51. The maximum absolute atomic E-state index is 5.51. The molecule has 0 radical (unpaired) electrons. The van der Waals surface area contributed by atoms with Crippen molar-refractivity contribution in [1.82, 2.24) is 9.88 Å². The van der Waals surface area contributed by atoms with Crippen molar-refractivity contribution in [2.45, 2.75) is 13.5 Å². The van der Waals surface area contributed by atoms with Gasteiger partial charge >= 0.3 is 0 Å². The fraction of sp³-hybridized carbons (Fsp3) is 0.500. The molecule has 0 aromatic carbocycles. The van der Waals surface area contributed by atoms with Gasteiger partial charge in [-0.1, -0.05) is 6.92 Å². The first kappa shape index (κ1) is 11.6. The molecule has 0 bridgehead atoms. The van der Waals surface area contributed by atoms with Gasteiger partial charge in [-0.05, 0) is 34.6 Å². The lowest BCUT2D eigenvalue weighted by Crippen LogP contribution is -2.29. The Morgan fingerprint density at radius 1 is 1.50 bits per heavy atom. The normalized spacial score (nSPS) is 10.9. The Balaban J connectivity index is 2.53. The summed E-state index contributed by atoms with van der Waals surface area (Å²) >= 11 is 3.36. The average Bonchev–Trinajstić information content (AvgIpc) is 2.20. The lowest BCUT2D eigenvalue weighted by Gasteiger charge is -2.18. The van der Waals surface area contributed by atoms with Gasteiger partial charge in [-0.15, -0.1) is 0 Å². The van der Waals surface area contributed by atoms with Crippen LogP contribution in [0, 0.1) is 0 Å². The first-order valence-electron chi connectivity index (χ1n) is 4.79. The molecule has 0 atom stereocenters. The van der Waals surface area contributed by atoms with E-state index in [2.05, 4.69) is 32.7 Å². The molecule has 1 rings (SSSR count). The first-order valence-corrected chi connectivity index (χ1v) is 5.58. The van der Waals surface area contributed by atoms with Gasteiger partial charge in [0, 0.05) is 30.3 Å². The number of rotatable bonds is 5. The van der Waals surface area contributed by atoms with Gasteiger partial charge in [0.1, 0.15) is 0 Å². The Labute approximate surface area is 93.4 Å². The van der Waals surface area contributed by atoms with Gasteiger partial charge in [0.15, 0.2) is 0 Å². The first-order chi connectivity index (χ1) is 6.76. The number of nitrogens with zero attached hydrogens (tertiary/aromatic N) is 2. The van der Waals surface area contributed by atoms with E-state index in [1.807, 2.05) is 18.3 Å². The molecule has 0 aliphatic heterocycles. The van der Waals surface area contributed by atoms with Gasteiger partial charge in [0.25, 0.3) is 0 Å². The lowest BCUT2D eigenvalue weighted by atomic mass is 10.3. The van der Waals surface area contributed by atoms with E-state index in [0.29, 0.717) is 6.54 Å². The van der Waals surface area contributed by atoms with Crippen LogP contribution in [0.15, 0.2) is 22.8 Å². The van der Waals surface area contributed by atoms with Crippen LogP contribution in [0.4, 0.5) is 0 Å². The van der Waals surface area contributed by atoms with Crippen molar-refractivity contribution in [3.8, 4) is 0 Å². The Morgan fingerprint density at radius 3 is 2.79 bits per heavy atom. The predicted octanol–water partition coefficient (Wildman–Crippen LogP) is 1.62. The molecule has 1 aromatic rings. The van der Waals surface area contributed by atoms with E-state index in [9.17, 15) is 0 Å².